The molecule has 2 aromatic rings. The topological polar surface area (TPSA) is 91.0 Å². The number of likely N-dealkylation sites (tertiary alicyclic amines) is 1. The van der Waals surface area contributed by atoms with Gasteiger partial charge in [0.15, 0.2) is 0 Å². The van der Waals surface area contributed by atoms with Crippen molar-refractivity contribution in [1.29, 1.82) is 0 Å². The molecule has 2 saturated heterocycles. The van der Waals surface area contributed by atoms with Gasteiger partial charge in [0.05, 0.1) is 17.9 Å². The molecule has 240 valence electrons. The molecule has 4 aliphatic rings. The van der Waals surface area contributed by atoms with E-state index < -0.39 is 29.6 Å². The van der Waals surface area contributed by atoms with Crippen LogP contribution in [0.15, 0.2) is 66.7 Å². The van der Waals surface area contributed by atoms with Crippen molar-refractivity contribution < 1.29 is 19.1 Å². The third kappa shape index (κ3) is 5.95. The van der Waals surface area contributed by atoms with Crippen molar-refractivity contribution in [3.63, 3.8) is 0 Å². The number of nitrogens with one attached hydrogen (secondary N) is 2. The summed E-state index contributed by atoms with van der Waals surface area (Å²) in [5.41, 5.74) is 1.88. The molecule has 8 unspecified atom stereocenters. The van der Waals surface area contributed by atoms with Crippen LogP contribution in [-0.2, 0) is 25.7 Å². The van der Waals surface area contributed by atoms with Gasteiger partial charge in [-0.2, -0.15) is 0 Å². The summed E-state index contributed by atoms with van der Waals surface area (Å²) in [6.45, 7) is 10.4. The third-order valence-corrected chi connectivity index (χ3v) is 10.8. The summed E-state index contributed by atoms with van der Waals surface area (Å²) < 4.78 is 6.57. The van der Waals surface area contributed by atoms with E-state index in [0.717, 1.165) is 25.8 Å². The molecule has 45 heavy (non-hydrogen) atoms. The molecule has 3 fully saturated rings. The van der Waals surface area contributed by atoms with Gasteiger partial charge in [-0.05, 0) is 54.5 Å². The number of anilines is 1. The molecule has 1 aliphatic carbocycles. The number of amides is 3. The van der Waals surface area contributed by atoms with E-state index in [9.17, 15) is 14.4 Å². The fraction of sp³-hybridized carbons (Fsp3) is 0.541. The normalized spacial score (nSPS) is 31.9. The van der Waals surface area contributed by atoms with Gasteiger partial charge in [0.25, 0.3) is 0 Å². The maximum atomic E-state index is 14.4. The second-order valence-corrected chi connectivity index (χ2v) is 14.1. The molecule has 6 rings (SSSR count). The highest BCUT2D eigenvalue weighted by Crippen LogP contribution is 2.55. The molecule has 3 aliphatic heterocycles. The van der Waals surface area contributed by atoms with Gasteiger partial charge >= 0.3 is 0 Å². The number of hydrogen-bond acceptors (Lipinski definition) is 5. The molecular weight excluding hydrogens is 564 g/mol. The van der Waals surface area contributed by atoms with Crippen molar-refractivity contribution in [3.8, 4) is 0 Å². The first-order chi connectivity index (χ1) is 21.6. The molecule has 2 N–H and O–H groups in total. The first-order valence-electron chi connectivity index (χ1n) is 16.7. The van der Waals surface area contributed by atoms with Gasteiger partial charge in [0, 0.05) is 31.4 Å². The van der Waals surface area contributed by atoms with E-state index in [1.165, 1.54) is 11.1 Å². The first kappa shape index (κ1) is 31.5. The molecule has 0 aromatic heterocycles. The minimum absolute atomic E-state index is 0.0462. The van der Waals surface area contributed by atoms with Gasteiger partial charge in [-0.3, -0.25) is 14.4 Å². The van der Waals surface area contributed by atoms with Gasteiger partial charge in [0.1, 0.15) is 11.6 Å². The van der Waals surface area contributed by atoms with E-state index >= 15 is 0 Å². The van der Waals surface area contributed by atoms with Crippen LogP contribution in [0.2, 0.25) is 0 Å². The molecule has 0 radical (unpaired) electrons. The zero-order valence-electron chi connectivity index (χ0n) is 27.2. The number of likely N-dealkylation sites (N-methyl/N-ethyl adjacent to an activating group) is 1. The smallest absolute Gasteiger partial charge is 0.246 e. The molecule has 1 saturated carbocycles. The van der Waals surface area contributed by atoms with Gasteiger partial charge in [0.2, 0.25) is 17.7 Å². The number of rotatable bonds is 10. The quantitative estimate of drug-likeness (QED) is 0.370. The van der Waals surface area contributed by atoms with Crippen molar-refractivity contribution in [3.05, 3.63) is 77.9 Å². The average molecular weight is 613 g/mol. The fourth-order valence-corrected chi connectivity index (χ4v) is 7.98. The fourth-order valence-electron chi connectivity index (χ4n) is 7.98. The van der Waals surface area contributed by atoms with E-state index in [2.05, 4.69) is 55.4 Å². The molecule has 3 heterocycles. The maximum Gasteiger partial charge on any atom is 0.246 e. The van der Waals surface area contributed by atoms with Gasteiger partial charge in [-0.1, -0.05) is 95.2 Å². The summed E-state index contributed by atoms with van der Waals surface area (Å²) in [5, 5.41) is 6.39. The minimum Gasteiger partial charge on any atom is -0.359 e. The van der Waals surface area contributed by atoms with Crippen LogP contribution in [0.3, 0.4) is 0 Å². The number of ether oxygens (including phenoxy) is 1. The predicted molar refractivity (Wildman–Crippen MR) is 175 cm³/mol. The molecule has 8 nitrogen and oxygen atoms in total. The SMILES string of the molecule is CC(C)c1ccc(NC(=O)C2C3C=CC4(O3)C2C(=O)N(CCN(C)Cc2ccccc2)C4C(=O)NC2CCCC(C)C2C)cc1. The van der Waals surface area contributed by atoms with Crippen molar-refractivity contribution in [2.45, 2.75) is 83.2 Å². The Morgan fingerprint density at radius 3 is 2.49 bits per heavy atom. The lowest BCUT2D eigenvalue weighted by Gasteiger charge is -2.38. The Morgan fingerprint density at radius 1 is 1.04 bits per heavy atom. The van der Waals surface area contributed by atoms with Crippen molar-refractivity contribution >= 4 is 23.4 Å². The average Bonchev–Trinajstić information content (AvgIpc) is 3.66. The number of hydrogen-bond donors (Lipinski definition) is 2. The van der Waals surface area contributed by atoms with E-state index in [4.69, 9.17) is 4.74 Å². The Balaban J connectivity index is 1.25. The lowest BCUT2D eigenvalue weighted by molar-refractivity contribution is -0.141. The van der Waals surface area contributed by atoms with Crippen LogP contribution in [0.25, 0.3) is 0 Å². The Labute approximate surface area is 267 Å². The standard InChI is InChI=1S/C37H48N4O4/c1-23(2)27-14-16-28(17-15-27)38-34(42)31-30-18-19-37(45-30)32(31)36(44)41(21-20-40(5)22-26-11-7-6-8-12-26)33(37)35(43)39-29-13-9-10-24(3)25(29)4/h6-8,11-12,14-19,23-25,29-33H,9-10,13,20-22H2,1-5H3,(H,38,42)(H,39,43). The monoisotopic (exact) mass is 612 g/mol. The first-order valence-corrected chi connectivity index (χ1v) is 16.7. The lowest BCUT2D eigenvalue weighted by Crippen LogP contribution is -2.58. The second kappa shape index (κ2) is 12.7. The number of fused-ring (bicyclic) bond motifs is 1. The molecule has 2 aromatic carbocycles. The van der Waals surface area contributed by atoms with Crippen LogP contribution in [-0.4, -0.2) is 71.4 Å². The molecule has 8 heteroatoms. The highest BCUT2D eigenvalue weighted by Gasteiger charge is 2.72. The third-order valence-electron chi connectivity index (χ3n) is 10.8. The van der Waals surface area contributed by atoms with Crippen LogP contribution in [0.1, 0.15) is 64.0 Å². The summed E-state index contributed by atoms with van der Waals surface area (Å²) in [7, 11) is 2.02. The van der Waals surface area contributed by atoms with Crippen LogP contribution < -0.4 is 10.6 Å². The minimum atomic E-state index is -1.17. The van der Waals surface area contributed by atoms with Crippen LogP contribution in [0, 0.1) is 23.7 Å². The summed E-state index contributed by atoms with van der Waals surface area (Å²) in [6.07, 6.45) is 6.38. The van der Waals surface area contributed by atoms with E-state index in [1.807, 2.05) is 61.7 Å². The van der Waals surface area contributed by atoms with E-state index in [0.29, 0.717) is 36.5 Å². The van der Waals surface area contributed by atoms with Gasteiger partial charge < -0.3 is 25.2 Å². The molecular formula is C37H48N4O4. The predicted octanol–water partition coefficient (Wildman–Crippen LogP) is 4.97. The van der Waals surface area contributed by atoms with Gasteiger partial charge in [-0.25, -0.2) is 0 Å². The number of benzene rings is 2. The van der Waals surface area contributed by atoms with E-state index in [-0.39, 0.29) is 23.8 Å². The van der Waals surface area contributed by atoms with Crippen LogP contribution >= 0.6 is 0 Å². The number of nitrogens with zero attached hydrogens (tertiary/aromatic N) is 2. The van der Waals surface area contributed by atoms with Crippen molar-refractivity contribution in [1.82, 2.24) is 15.1 Å². The molecule has 1 spiro atoms. The van der Waals surface area contributed by atoms with Gasteiger partial charge in [-0.15, -0.1) is 0 Å². The molecule has 2 bridgehead atoms. The Hall–Kier alpha value is -3.49. The van der Waals surface area contributed by atoms with Crippen LogP contribution in [0.4, 0.5) is 5.69 Å². The maximum absolute atomic E-state index is 14.4. The summed E-state index contributed by atoms with van der Waals surface area (Å²) in [4.78, 5) is 46.4. The summed E-state index contributed by atoms with van der Waals surface area (Å²) in [5.74, 6) is -0.856. The zero-order chi connectivity index (χ0) is 31.9. The highest BCUT2D eigenvalue weighted by molar-refractivity contribution is 6.02. The number of carbonyl (C=O) groups is 3. The number of carbonyl (C=O) groups excluding carboxylic acids is 3. The van der Waals surface area contributed by atoms with Crippen molar-refractivity contribution in [2.75, 3.05) is 25.5 Å². The Morgan fingerprint density at radius 2 is 1.78 bits per heavy atom. The Bertz CT molecular complexity index is 1430. The zero-order valence-corrected chi connectivity index (χ0v) is 27.2. The second-order valence-electron chi connectivity index (χ2n) is 14.1. The van der Waals surface area contributed by atoms with Crippen LogP contribution in [0.5, 0.6) is 0 Å². The largest absolute Gasteiger partial charge is 0.359 e. The molecule has 8 atom stereocenters. The summed E-state index contributed by atoms with van der Waals surface area (Å²) >= 11 is 0. The molecule has 3 amide bonds. The summed E-state index contributed by atoms with van der Waals surface area (Å²) in [6, 6.07) is 17.2. The Kier molecular flexibility index (Phi) is 8.90. The van der Waals surface area contributed by atoms with E-state index in [1.54, 1.807) is 4.90 Å². The highest BCUT2D eigenvalue weighted by atomic mass is 16.5. The van der Waals surface area contributed by atoms with Crippen molar-refractivity contribution in [2.24, 2.45) is 23.7 Å². The lowest BCUT2D eigenvalue weighted by atomic mass is 9.73.